The van der Waals surface area contributed by atoms with Gasteiger partial charge in [0.1, 0.15) is 0 Å². The maximum absolute atomic E-state index is 12.3. The molecule has 2 amide bonds. The van der Waals surface area contributed by atoms with Gasteiger partial charge in [-0.2, -0.15) is 0 Å². The van der Waals surface area contributed by atoms with Crippen molar-refractivity contribution in [2.24, 2.45) is 11.8 Å². The zero-order valence-electron chi connectivity index (χ0n) is 12.6. The predicted molar refractivity (Wildman–Crippen MR) is 79.3 cm³/mol. The Morgan fingerprint density at radius 2 is 1.95 bits per heavy atom. The van der Waals surface area contributed by atoms with Crippen LogP contribution in [-0.2, 0) is 6.54 Å². The van der Waals surface area contributed by atoms with E-state index in [0.29, 0.717) is 18.4 Å². The number of piperidine rings is 1. The van der Waals surface area contributed by atoms with E-state index in [1.807, 2.05) is 23.1 Å². The number of carbonyl (C=O) groups is 1. The number of nitrogens with one attached hydrogen (secondary N) is 1. The van der Waals surface area contributed by atoms with Crippen molar-refractivity contribution in [1.29, 1.82) is 0 Å². The molecule has 5 heteroatoms. The van der Waals surface area contributed by atoms with Gasteiger partial charge in [-0.05, 0) is 36.0 Å². The molecule has 1 saturated heterocycles. The lowest BCUT2D eigenvalue weighted by molar-refractivity contribution is 0.146. The van der Waals surface area contributed by atoms with Gasteiger partial charge in [0.25, 0.3) is 0 Å². The van der Waals surface area contributed by atoms with E-state index in [-0.39, 0.29) is 12.8 Å². The number of hydrogen-bond acceptors (Lipinski definition) is 3. The zero-order valence-corrected chi connectivity index (χ0v) is 12.6. The highest BCUT2D eigenvalue weighted by Crippen LogP contribution is 2.32. The number of carbonyl (C=O) groups excluding carboxylic acids is 1. The fraction of sp³-hybridized carbons (Fsp3) is 0.562. The molecule has 1 N–H and O–H groups in total. The fourth-order valence-electron chi connectivity index (χ4n) is 3.17. The van der Waals surface area contributed by atoms with Gasteiger partial charge in [-0.15, -0.1) is 0 Å². The molecular weight excluding hydrogens is 268 g/mol. The van der Waals surface area contributed by atoms with Gasteiger partial charge in [0.05, 0.1) is 0 Å². The largest absolute Gasteiger partial charge is 0.454 e. The van der Waals surface area contributed by atoms with E-state index < -0.39 is 0 Å². The van der Waals surface area contributed by atoms with Crippen LogP contribution in [0, 0.1) is 11.8 Å². The molecule has 0 radical (unpaired) electrons. The molecular formula is C16H22N2O3. The highest BCUT2D eigenvalue weighted by molar-refractivity contribution is 5.74. The van der Waals surface area contributed by atoms with Gasteiger partial charge in [0, 0.05) is 19.6 Å². The van der Waals surface area contributed by atoms with Gasteiger partial charge < -0.3 is 19.7 Å². The molecule has 114 valence electrons. The first-order valence-electron chi connectivity index (χ1n) is 7.53. The first-order chi connectivity index (χ1) is 10.1. The summed E-state index contributed by atoms with van der Waals surface area (Å²) in [7, 11) is 0. The maximum Gasteiger partial charge on any atom is 0.317 e. The first-order valence-corrected chi connectivity index (χ1v) is 7.53. The second kappa shape index (κ2) is 5.84. The van der Waals surface area contributed by atoms with Crippen molar-refractivity contribution in [2.45, 2.75) is 26.8 Å². The van der Waals surface area contributed by atoms with Crippen molar-refractivity contribution in [3.05, 3.63) is 23.8 Å². The van der Waals surface area contributed by atoms with Crippen LogP contribution in [0.3, 0.4) is 0 Å². The molecule has 2 aliphatic rings. The van der Waals surface area contributed by atoms with Crippen LogP contribution >= 0.6 is 0 Å². The molecule has 2 heterocycles. The van der Waals surface area contributed by atoms with Crippen LogP contribution in [0.1, 0.15) is 25.8 Å². The van der Waals surface area contributed by atoms with Crippen molar-refractivity contribution in [3.8, 4) is 11.5 Å². The van der Waals surface area contributed by atoms with Crippen molar-refractivity contribution >= 4 is 6.03 Å². The molecule has 0 spiro atoms. The number of ether oxygens (including phenoxy) is 2. The van der Waals surface area contributed by atoms with Crippen molar-refractivity contribution in [1.82, 2.24) is 10.2 Å². The lowest BCUT2D eigenvalue weighted by Crippen LogP contribution is -2.47. The lowest BCUT2D eigenvalue weighted by atomic mass is 9.92. The van der Waals surface area contributed by atoms with E-state index in [4.69, 9.17) is 9.47 Å². The monoisotopic (exact) mass is 290 g/mol. The highest BCUT2D eigenvalue weighted by atomic mass is 16.7. The number of amides is 2. The number of rotatable bonds is 2. The van der Waals surface area contributed by atoms with Crippen molar-refractivity contribution in [2.75, 3.05) is 19.9 Å². The molecule has 5 nitrogen and oxygen atoms in total. The topological polar surface area (TPSA) is 50.8 Å². The summed E-state index contributed by atoms with van der Waals surface area (Å²) in [6.45, 7) is 6.87. The minimum absolute atomic E-state index is 0.0195. The summed E-state index contributed by atoms with van der Waals surface area (Å²) in [5, 5.41) is 2.99. The third-order valence-electron chi connectivity index (χ3n) is 4.04. The Bertz CT molecular complexity index is 522. The molecule has 1 aromatic carbocycles. The second-order valence-corrected chi connectivity index (χ2v) is 6.20. The summed E-state index contributed by atoms with van der Waals surface area (Å²) in [6.07, 6.45) is 1.20. The molecule has 0 aliphatic carbocycles. The average molecular weight is 290 g/mol. The van der Waals surface area contributed by atoms with E-state index in [1.165, 1.54) is 6.42 Å². The Labute approximate surface area is 125 Å². The van der Waals surface area contributed by atoms with Crippen LogP contribution < -0.4 is 14.8 Å². The van der Waals surface area contributed by atoms with E-state index in [0.717, 1.165) is 30.2 Å². The van der Waals surface area contributed by atoms with E-state index in [9.17, 15) is 4.79 Å². The number of benzene rings is 1. The Morgan fingerprint density at radius 1 is 1.24 bits per heavy atom. The Balaban J connectivity index is 1.56. The van der Waals surface area contributed by atoms with Crippen LogP contribution in [0.25, 0.3) is 0 Å². The van der Waals surface area contributed by atoms with Crippen LogP contribution in [0.2, 0.25) is 0 Å². The third kappa shape index (κ3) is 3.23. The molecule has 0 saturated carbocycles. The Morgan fingerprint density at radius 3 is 2.71 bits per heavy atom. The third-order valence-corrected chi connectivity index (χ3v) is 4.04. The minimum Gasteiger partial charge on any atom is -0.454 e. The standard InChI is InChI=1S/C16H22N2O3/c1-11-5-12(2)9-18(8-11)16(19)17-7-13-3-4-14-15(6-13)21-10-20-14/h3-4,6,11-12H,5,7-10H2,1-2H3,(H,17,19). The average Bonchev–Trinajstić information content (AvgIpc) is 2.91. The van der Waals surface area contributed by atoms with Gasteiger partial charge in [0.2, 0.25) is 6.79 Å². The normalized spacial score (nSPS) is 24.0. The van der Waals surface area contributed by atoms with Crippen LogP contribution in [-0.4, -0.2) is 30.8 Å². The van der Waals surface area contributed by atoms with Crippen LogP contribution in [0.15, 0.2) is 18.2 Å². The lowest BCUT2D eigenvalue weighted by Gasteiger charge is -2.34. The van der Waals surface area contributed by atoms with Crippen LogP contribution in [0.5, 0.6) is 11.5 Å². The van der Waals surface area contributed by atoms with Gasteiger partial charge in [-0.1, -0.05) is 19.9 Å². The number of nitrogens with zero attached hydrogens (tertiary/aromatic N) is 1. The second-order valence-electron chi connectivity index (χ2n) is 6.20. The van der Waals surface area contributed by atoms with E-state index in [1.54, 1.807) is 0 Å². The maximum atomic E-state index is 12.3. The predicted octanol–water partition coefficient (Wildman–Crippen LogP) is 2.60. The molecule has 0 aromatic heterocycles. The van der Waals surface area contributed by atoms with Crippen molar-refractivity contribution < 1.29 is 14.3 Å². The molecule has 2 unspecified atom stereocenters. The smallest absolute Gasteiger partial charge is 0.317 e. The van der Waals surface area contributed by atoms with Gasteiger partial charge in [0.15, 0.2) is 11.5 Å². The van der Waals surface area contributed by atoms with Crippen molar-refractivity contribution in [3.63, 3.8) is 0 Å². The zero-order chi connectivity index (χ0) is 14.8. The summed E-state index contributed by atoms with van der Waals surface area (Å²) >= 11 is 0. The summed E-state index contributed by atoms with van der Waals surface area (Å²) in [4.78, 5) is 14.2. The fourth-order valence-corrected chi connectivity index (χ4v) is 3.17. The SMILES string of the molecule is CC1CC(C)CN(C(=O)NCc2ccc3c(c2)OCO3)C1. The summed E-state index contributed by atoms with van der Waals surface area (Å²) in [6, 6.07) is 5.78. The highest BCUT2D eigenvalue weighted by Gasteiger charge is 2.25. The molecule has 2 aliphatic heterocycles. The van der Waals surface area contributed by atoms with Crippen LogP contribution in [0.4, 0.5) is 4.79 Å². The molecule has 2 atom stereocenters. The van der Waals surface area contributed by atoms with Gasteiger partial charge >= 0.3 is 6.03 Å². The van der Waals surface area contributed by atoms with Gasteiger partial charge in [-0.25, -0.2) is 4.79 Å². The molecule has 0 bridgehead atoms. The number of hydrogen-bond donors (Lipinski definition) is 1. The van der Waals surface area contributed by atoms with Gasteiger partial charge in [-0.3, -0.25) is 0 Å². The minimum atomic E-state index is 0.0195. The van der Waals surface area contributed by atoms with E-state index >= 15 is 0 Å². The molecule has 3 rings (SSSR count). The summed E-state index contributed by atoms with van der Waals surface area (Å²) < 4.78 is 10.6. The molecule has 21 heavy (non-hydrogen) atoms. The summed E-state index contributed by atoms with van der Waals surface area (Å²) in [5.41, 5.74) is 1.02. The first kappa shape index (κ1) is 14.0. The Hall–Kier alpha value is -1.91. The van der Waals surface area contributed by atoms with E-state index in [2.05, 4.69) is 19.2 Å². The molecule has 1 aromatic rings. The number of urea groups is 1. The number of likely N-dealkylation sites (tertiary alicyclic amines) is 1. The molecule has 1 fully saturated rings. The quantitative estimate of drug-likeness (QED) is 0.911. The Kier molecular flexibility index (Phi) is 3.90. The number of fused-ring (bicyclic) bond motifs is 1. The summed E-state index contributed by atoms with van der Waals surface area (Å²) in [5.74, 6) is 2.67.